The molecule has 1 heterocycles. The van der Waals surface area contributed by atoms with Crippen LogP contribution in [-0.4, -0.2) is 80.3 Å². The van der Waals surface area contributed by atoms with Crippen LogP contribution in [0.15, 0.2) is 18.2 Å². The van der Waals surface area contributed by atoms with Crippen molar-refractivity contribution in [3.8, 4) is 5.75 Å². The summed E-state index contributed by atoms with van der Waals surface area (Å²) in [6, 6.07) is 4.54. The van der Waals surface area contributed by atoms with Crippen LogP contribution in [0.5, 0.6) is 5.75 Å². The lowest BCUT2D eigenvalue weighted by molar-refractivity contribution is -0.140. The van der Waals surface area contributed by atoms with E-state index in [0.29, 0.717) is 17.8 Å². The number of halogens is 3. The molecule has 1 aromatic rings. The molecule has 1 aliphatic heterocycles. The van der Waals surface area contributed by atoms with Crippen molar-refractivity contribution in [1.29, 1.82) is 0 Å². The Balaban J connectivity index is 1.88. The topological polar surface area (TPSA) is 71.1 Å². The van der Waals surface area contributed by atoms with E-state index in [-0.39, 0.29) is 61.2 Å². The smallest absolute Gasteiger partial charge is 0.390 e. The molecule has 0 radical (unpaired) electrons. The van der Waals surface area contributed by atoms with Crippen molar-refractivity contribution >= 4 is 17.5 Å². The number of methoxy groups -OCH3 is 1. The second-order valence-electron chi connectivity index (χ2n) is 9.43. The lowest BCUT2D eigenvalue weighted by Crippen LogP contribution is -2.47. The number of hydrogen-bond donors (Lipinski definition) is 1. The fraction of sp³-hybridized carbons (Fsp3) is 0.667. The zero-order chi connectivity index (χ0) is 25.0. The first-order chi connectivity index (χ1) is 16.0. The summed E-state index contributed by atoms with van der Waals surface area (Å²) in [5, 5.41) is 2.85. The highest BCUT2D eigenvalue weighted by Crippen LogP contribution is 2.32. The normalized spacial score (nSPS) is 25.1. The van der Waals surface area contributed by atoms with Gasteiger partial charge < -0.3 is 19.7 Å². The van der Waals surface area contributed by atoms with Gasteiger partial charge in [0.15, 0.2) is 0 Å². The third-order valence-corrected chi connectivity index (χ3v) is 6.47. The maximum absolute atomic E-state index is 13.2. The second kappa shape index (κ2) is 10.9. The zero-order valence-corrected chi connectivity index (χ0v) is 20.2. The third kappa shape index (κ3) is 7.09. The maximum Gasteiger partial charge on any atom is 0.390 e. The van der Waals surface area contributed by atoms with Crippen molar-refractivity contribution < 1.29 is 32.2 Å². The molecule has 1 N–H and O–H groups in total. The van der Waals surface area contributed by atoms with Gasteiger partial charge >= 0.3 is 6.18 Å². The monoisotopic (exact) mass is 485 g/mol. The van der Waals surface area contributed by atoms with Gasteiger partial charge in [-0.15, -0.1) is 0 Å². The Morgan fingerprint density at radius 2 is 1.94 bits per heavy atom. The van der Waals surface area contributed by atoms with Crippen LogP contribution in [0.4, 0.5) is 18.9 Å². The number of rotatable bonds is 5. The molecule has 0 aromatic heterocycles. The van der Waals surface area contributed by atoms with E-state index in [1.54, 1.807) is 37.3 Å². The summed E-state index contributed by atoms with van der Waals surface area (Å²) < 4.78 is 50.5. The van der Waals surface area contributed by atoms with Gasteiger partial charge in [0.05, 0.1) is 18.1 Å². The van der Waals surface area contributed by atoms with Crippen LogP contribution < -0.4 is 10.1 Å². The van der Waals surface area contributed by atoms with Crippen molar-refractivity contribution in [2.75, 3.05) is 45.7 Å². The predicted octanol–water partition coefficient (Wildman–Crippen LogP) is 3.79. The molecule has 2 amide bonds. The van der Waals surface area contributed by atoms with Crippen molar-refractivity contribution in [3.05, 3.63) is 23.8 Å². The van der Waals surface area contributed by atoms with Gasteiger partial charge in [-0.25, -0.2) is 0 Å². The minimum Gasteiger partial charge on any atom is -0.491 e. The van der Waals surface area contributed by atoms with Crippen LogP contribution >= 0.6 is 0 Å². The number of benzene rings is 1. The van der Waals surface area contributed by atoms with Gasteiger partial charge in [0.25, 0.3) is 5.91 Å². The lowest BCUT2D eigenvalue weighted by Gasteiger charge is -2.36. The molecule has 3 rings (SSSR count). The van der Waals surface area contributed by atoms with E-state index in [1.807, 2.05) is 13.8 Å². The number of ether oxygens (including phenoxy) is 2. The van der Waals surface area contributed by atoms with E-state index in [0.717, 1.165) is 12.8 Å². The second-order valence-corrected chi connectivity index (χ2v) is 9.43. The summed E-state index contributed by atoms with van der Waals surface area (Å²) in [5.74, 6) is -0.137. The largest absolute Gasteiger partial charge is 0.491 e. The first-order valence-electron chi connectivity index (χ1n) is 11.6. The quantitative estimate of drug-likeness (QED) is 0.687. The van der Waals surface area contributed by atoms with Gasteiger partial charge in [-0.2, -0.15) is 13.2 Å². The molecule has 3 atom stereocenters. The molecule has 0 unspecified atom stereocenters. The van der Waals surface area contributed by atoms with Crippen LogP contribution in [0, 0.1) is 11.8 Å². The standard InChI is InChI=1S/C24H34F3N3O4/c1-15-12-30(10-9-24(25,26)27)16(2)14-34-20-11-18(28-22(31)17-5-6-17)7-8-19(20)23(32)29(3)13-21(15)33-4/h7-8,11,15-17,21H,5-6,9-10,12-14H2,1-4H3,(H,28,31)/t15-,16+,21+/m0/s1. The van der Waals surface area contributed by atoms with E-state index >= 15 is 0 Å². The Labute approximate surface area is 198 Å². The number of fused-ring (bicyclic) bond motifs is 1. The Bertz CT molecular complexity index is 876. The Kier molecular flexibility index (Phi) is 8.46. The maximum atomic E-state index is 13.2. The molecular formula is C24H34F3N3O4. The average Bonchev–Trinajstić information content (AvgIpc) is 3.62. The number of amides is 2. The molecule has 10 heteroatoms. The van der Waals surface area contributed by atoms with Crippen molar-refractivity contribution in [1.82, 2.24) is 9.80 Å². The summed E-state index contributed by atoms with van der Waals surface area (Å²) in [6.07, 6.45) is -3.81. The highest BCUT2D eigenvalue weighted by Gasteiger charge is 2.33. The molecule has 1 aliphatic carbocycles. The fourth-order valence-corrected chi connectivity index (χ4v) is 4.10. The van der Waals surface area contributed by atoms with Gasteiger partial charge in [-0.05, 0) is 37.8 Å². The van der Waals surface area contributed by atoms with Crippen LogP contribution in [0.2, 0.25) is 0 Å². The van der Waals surface area contributed by atoms with Crippen molar-refractivity contribution in [2.45, 2.75) is 51.4 Å². The highest BCUT2D eigenvalue weighted by atomic mass is 19.4. The number of anilines is 1. The number of alkyl halides is 3. The predicted molar refractivity (Wildman–Crippen MR) is 122 cm³/mol. The van der Waals surface area contributed by atoms with Gasteiger partial charge in [0.2, 0.25) is 5.91 Å². The summed E-state index contributed by atoms with van der Waals surface area (Å²) >= 11 is 0. The molecule has 0 bridgehead atoms. The first-order valence-corrected chi connectivity index (χ1v) is 11.6. The van der Waals surface area contributed by atoms with E-state index < -0.39 is 12.6 Å². The lowest BCUT2D eigenvalue weighted by atomic mass is 10.0. The molecular weight excluding hydrogens is 451 g/mol. The Hall–Kier alpha value is -2.33. The van der Waals surface area contributed by atoms with Crippen molar-refractivity contribution in [2.24, 2.45) is 11.8 Å². The summed E-state index contributed by atoms with van der Waals surface area (Å²) in [5.41, 5.74) is 0.840. The molecule has 0 spiro atoms. The molecule has 1 saturated carbocycles. The van der Waals surface area contributed by atoms with E-state index in [1.165, 1.54) is 4.90 Å². The summed E-state index contributed by atoms with van der Waals surface area (Å²) in [4.78, 5) is 28.7. The summed E-state index contributed by atoms with van der Waals surface area (Å²) in [7, 11) is 3.20. The highest BCUT2D eigenvalue weighted by molar-refractivity contribution is 5.99. The summed E-state index contributed by atoms with van der Waals surface area (Å²) in [6.45, 7) is 4.29. The number of likely N-dealkylation sites (N-methyl/N-ethyl adjacent to an activating group) is 1. The SMILES string of the molecule is CO[C@@H]1CN(C)C(=O)c2ccc(NC(=O)C3CC3)cc2OC[C@@H](C)N(CCC(F)(F)F)C[C@@H]1C. The molecule has 0 saturated heterocycles. The van der Waals surface area contributed by atoms with Gasteiger partial charge in [-0.1, -0.05) is 6.92 Å². The molecule has 1 aromatic carbocycles. The van der Waals surface area contributed by atoms with Crippen LogP contribution in [0.3, 0.4) is 0 Å². The van der Waals surface area contributed by atoms with Crippen LogP contribution in [-0.2, 0) is 9.53 Å². The van der Waals surface area contributed by atoms with E-state index in [4.69, 9.17) is 9.47 Å². The van der Waals surface area contributed by atoms with Crippen LogP contribution in [0.1, 0.15) is 43.5 Å². The molecule has 190 valence electrons. The minimum absolute atomic E-state index is 0.0184. The van der Waals surface area contributed by atoms with E-state index in [9.17, 15) is 22.8 Å². The number of nitrogens with one attached hydrogen (secondary N) is 1. The van der Waals surface area contributed by atoms with Gasteiger partial charge in [-0.3, -0.25) is 14.5 Å². The van der Waals surface area contributed by atoms with Gasteiger partial charge in [0, 0.05) is 57.5 Å². The Morgan fingerprint density at radius 1 is 1.24 bits per heavy atom. The molecule has 7 nitrogen and oxygen atoms in total. The number of carbonyl (C=O) groups is 2. The number of hydrogen-bond acceptors (Lipinski definition) is 5. The molecule has 2 aliphatic rings. The third-order valence-electron chi connectivity index (χ3n) is 6.47. The van der Waals surface area contributed by atoms with Gasteiger partial charge in [0.1, 0.15) is 12.4 Å². The zero-order valence-electron chi connectivity index (χ0n) is 20.2. The Morgan fingerprint density at radius 3 is 2.56 bits per heavy atom. The first kappa shape index (κ1) is 26.3. The average molecular weight is 486 g/mol. The minimum atomic E-state index is -4.26. The van der Waals surface area contributed by atoms with E-state index in [2.05, 4.69) is 5.32 Å². The number of nitrogens with zero attached hydrogens (tertiary/aromatic N) is 2. The van der Waals surface area contributed by atoms with Crippen LogP contribution in [0.25, 0.3) is 0 Å². The number of carbonyl (C=O) groups excluding carboxylic acids is 2. The fourth-order valence-electron chi connectivity index (χ4n) is 4.10. The van der Waals surface area contributed by atoms with Crippen molar-refractivity contribution in [3.63, 3.8) is 0 Å². The molecule has 1 fully saturated rings. The molecule has 34 heavy (non-hydrogen) atoms.